The van der Waals surface area contributed by atoms with Gasteiger partial charge >= 0.3 is 0 Å². The van der Waals surface area contributed by atoms with E-state index in [4.69, 9.17) is 0 Å². The third kappa shape index (κ3) is 11.3. The van der Waals surface area contributed by atoms with Crippen molar-refractivity contribution in [1.82, 2.24) is 0 Å². The number of nitrogens with zero attached hydrogens (tertiary/aromatic N) is 2. The van der Waals surface area contributed by atoms with Crippen LogP contribution in [0.1, 0.15) is 65.2 Å². The van der Waals surface area contributed by atoms with Gasteiger partial charge in [-0.1, -0.05) is 58.1 Å². The summed E-state index contributed by atoms with van der Waals surface area (Å²) in [5, 5.41) is 7.48. The Morgan fingerprint density at radius 2 is 1.82 bits per heavy atom. The van der Waals surface area contributed by atoms with Gasteiger partial charge in [-0.15, -0.1) is 0 Å². The van der Waals surface area contributed by atoms with Crippen LogP contribution in [0.25, 0.3) is 0 Å². The first-order valence-electron chi connectivity index (χ1n) is 6.99. The molecule has 0 aliphatic heterocycles. The van der Waals surface area contributed by atoms with E-state index in [-0.39, 0.29) is 0 Å². The predicted octanol–water partition coefficient (Wildman–Crippen LogP) is 5.01. The molecule has 17 heavy (non-hydrogen) atoms. The van der Waals surface area contributed by atoms with Crippen molar-refractivity contribution in [1.29, 1.82) is 0 Å². The van der Waals surface area contributed by atoms with Crippen molar-refractivity contribution in [2.75, 3.05) is 0 Å². The highest BCUT2D eigenvalue weighted by Gasteiger charge is 2.03. The second-order valence-electron chi connectivity index (χ2n) is 4.48. The molecule has 0 N–H and O–H groups in total. The lowest BCUT2D eigenvalue weighted by molar-refractivity contribution is 0.550. The van der Waals surface area contributed by atoms with Crippen LogP contribution in [0.5, 0.6) is 0 Å². The van der Waals surface area contributed by atoms with Gasteiger partial charge < -0.3 is 0 Å². The van der Waals surface area contributed by atoms with Gasteiger partial charge in [-0.2, -0.15) is 10.2 Å². The molecule has 98 valence electrons. The fraction of sp³-hybridized carbons (Fsp3) is 0.733. The largest absolute Gasteiger partial charge is 0.167 e. The average Bonchev–Trinajstić information content (AvgIpc) is 2.35. The van der Waals surface area contributed by atoms with Crippen LogP contribution in [-0.2, 0) is 0 Å². The van der Waals surface area contributed by atoms with E-state index in [1.54, 1.807) is 0 Å². The lowest BCUT2D eigenvalue weighted by Gasteiger charge is -2.08. The van der Waals surface area contributed by atoms with Gasteiger partial charge in [0.2, 0.25) is 0 Å². The summed E-state index contributed by atoms with van der Waals surface area (Å²) in [4.78, 5) is 0. The van der Waals surface area contributed by atoms with Crippen molar-refractivity contribution in [2.45, 2.75) is 65.2 Å². The number of unbranched alkanes of at least 4 members (excludes halogenated alkanes) is 4. The summed E-state index contributed by atoms with van der Waals surface area (Å²) >= 11 is 0. The standard InChI is InChI=1S/C15H28N2/c1-4-6-8-9-11-13-15(14-17-16-3)12-10-7-5-2/h7,10,14-15H,3-6,8-9,11-13H2,1-2H3/b10-7+,17-14+. The number of hydrogen-bond donors (Lipinski definition) is 0. The van der Waals surface area contributed by atoms with Crippen molar-refractivity contribution in [3.8, 4) is 0 Å². The zero-order valence-corrected chi connectivity index (χ0v) is 11.6. The van der Waals surface area contributed by atoms with Crippen LogP contribution in [0, 0.1) is 5.92 Å². The van der Waals surface area contributed by atoms with Crippen LogP contribution in [0.2, 0.25) is 0 Å². The van der Waals surface area contributed by atoms with Gasteiger partial charge in [-0.3, -0.25) is 0 Å². The zero-order valence-electron chi connectivity index (χ0n) is 11.6. The van der Waals surface area contributed by atoms with E-state index in [2.05, 4.69) is 42.9 Å². The highest BCUT2D eigenvalue weighted by Crippen LogP contribution is 2.14. The Labute approximate surface area is 107 Å². The molecule has 1 atom stereocenters. The normalized spacial score (nSPS) is 13.5. The third-order valence-electron chi connectivity index (χ3n) is 2.88. The SMILES string of the molecule is C=N/N=C/C(C/C=C/CC)CCCCCCC. The average molecular weight is 236 g/mol. The Balaban J connectivity index is 3.80. The maximum absolute atomic E-state index is 3.92. The smallest absolute Gasteiger partial charge is 0.0304 e. The van der Waals surface area contributed by atoms with Gasteiger partial charge in [-0.25, -0.2) is 0 Å². The maximum Gasteiger partial charge on any atom is 0.0304 e. The summed E-state index contributed by atoms with van der Waals surface area (Å²) in [6, 6.07) is 0. The van der Waals surface area contributed by atoms with Crippen LogP contribution in [-0.4, -0.2) is 12.9 Å². The molecule has 0 amide bonds. The first-order valence-corrected chi connectivity index (χ1v) is 6.99. The molecule has 0 heterocycles. The lowest BCUT2D eigenvalue weighted by atomic mass is 9.98. The minimum absolute atomic E-state index is 0.532. The second-order valence-corrected chi connectivity index (χ2v) is 4.48. The Hall–Kier alpha value is -0.920. The van der Waals surface area contributed by atoms with E-state index in [1.165, 1.54) is 38.5 Å². The molecule has 0 aromatic carbocycles. The first kappa shape index (κ1) is 16.1. The Morgan fingerprint density at radius 3 is 2.47 bits per heavy atom. The highest BCUT2D eigenvalue weighted by molar-refractivity contribution is 5.61. The van der Waals surface area contributed by atoms with Crippen molar-refractivity contribution in [3.05, 3.63) is 12.2 Å². The van der Waals surface area contributed by atoms with Crippen LogP contribution < -0.4 is 0 Å². The van der Waals surface area contributed by atoms with Crippen molar-refractivity contribution in [2.24, 2.45) is 16.1 Å². The van der Waals surface area contributed by atoms with E-state index >= 15 is 0 Å². The fourth-order valence-corrected chi connectivity index (χ4v) is 1.84. The van der Waals surface area contributed by atoms with Gasteiger partial charge in [0.05, 0.1) is 0 Å². The molecule has 0 aliphatic rings. The predicted molar refractivity (Wildman–Crippen MR) is 79.0 cm³/mol. The van der Waals surface area contributed by atoms with E-state index in [0.29, 0.717) is 5.92 Å². The summed E-state index contributed by atoms with van der Waals surface area (Å²) in [5.74, 6) is 0.532. The minimum Gasteiger partial charge on any atom is -0.167 e. The molecule has 0 radical (unpaired) electrons. The topological polar surface area (TPSA) is 24.7 Å². The molecule has 2 heteroatoms. The minimum atomic E-state index is 0.532. The van der Waals surface area contributed by atoms with Gasteiger partial charge in [-0.05, 0) is 25.2 Å². The Morgan fingerprint density at radius 1 is 1.06 bits per heavy atom. The third-order valence-corrected chi connectivity index (χ3v) is 2.88. The van der Waals surface area contributed by atoms with Crippen molar-refractivity contribution >= 4 is 12.9 Å². The fourth-order valence-electron chi connectivity index (χ4n) is 1.84. The summed E-state index contributed by atoms with van der Waals surface area (Å²) in [5.41, 5.74) is 0. The summed E-state index contributed by atoms with van der Waals surface area (Å²) in [6.45, 7) is 7.80. The van der Waals surface area contributed by atoms with Gasteiger partial charge in [0.15, 0.2) is 0 Å². The van der Waals surface area contributed by atoms with Crippen LogP contribution in [0.4, 0.5) is 0 Å². The second kappa shape index (κ2) is 13.1. The molecular formula is C15H28N2. The molecule has 2 nitrogen and oxygen atoms in total. The van der Waals surface area contributed by atoms with E-state index in [1.807, 2.05) is 6.21 Å². The zero-order chi connectivity index (χ0) is 12.8. The number of allylic oxidation sites excluding steroid dienone is 2. The molecule has 0 aromatic heterocycles. The van der Waals surface area contributed by atoms with Gasteiger partial charge in [0, 0.05) is 12.9 Å². The molecule has 0 aromatic rings. The molecule has 0 aliphatic carbocycles. The molecule has 0 rings (SSSR count). The maximum atomic E-state index is 3.92. The van der Waals surface area contributed by atoms with Crippen LogP contribution in [0.15, 0.2) is 22.4 Å². The Bertz CT molecular complexity index is 219. The Kier molecular flexibility index (Phi) is 12.4. The molecule has 0 fully saturated rings. The van der Waals surface area contributed by atoms with Crippen LogP contribution in [0.3, 0.4) is 0 Å². The van der Waals surface area contributed by atoms with Gasteiger partial charge in [0.1, 0.15) is 0 Å². The molecule has 0 bridgehead atoms. The highest BCUT2D eigenvalue weighted by atomic mass is 15.2. The lowest BCUT2D eigenvalue weighted by Crippen LogP contribution is -2.00. The number of rotatable bonds is 11. The van der Waals surface area contributed by atoms with E-state index < -0.39 is 0 Å². The van der Waals surface area contributed by atoms with Crippen molar-refractivity contribution in [3.63, 3.8) is 0 Å². The molecular weight excluding hydrogens is 208 g/mol. The molecule has 0 saturated heterocycles. The van der Waals surface area contributed by atoms with Gasteiger partial charge in [0.25, 0.3) is 0 Å². The summed E-state index contributed by atoms with van der Waals surface area (Å²) in [7, 11) is 0. The summed E-state index contributed by atoms with van der Waals surface area (Å²) in [6.07, 6.45) is 16.5. The molecule has 1 unspecified atom stereocenters. The monoisotopic (exact) mass is 236 g/mol. The quantitative estimate of drug-likeness (QED) is 0.209. The first-order chi connectivity index (χ1) is 8.35. The summed E-state index contributed by atoms with van der Waals surface area (Å²) < 4.78 is 0. The van der Waals surface area contributed by atoms with E-state index in [9.17, 15) is 0 Å². The number of hydrogen-bond acceptors (Lipinski definition) is 2. The molecule has 0 saturated carbocycles. The molecule has 0 spiro atoms. The van der Waals surface area contributed by atoms with Crippen molar-refractivity contribution < 1.29 is 0 Å². The van der Waals surface area contributed by atoms with Crippen LogP contribution >= 0.6 is 0 Å². The van der Waals surface area contributed by atoms with E-state index in [0.717, 1.165) is 12.8 Å².